The second-order valence-corrected chi connectivity index (χ2v) is 3.19. The summed E-state index contributed by atoms with van der Waals surface area (Å²) >= 11 is 0. The normalized spacial score (nSPS) is 10.4. The number of aromatic amines is 1. The monoisotopic (exact) mass is 202 g/mol. The molecule has 0 saturated carbocycles. The number of fused-ring (bicyclic) bond motifs is 1. The molecule has 0 amide bonds. The number of nitrogens with one attached hydrogen (secondary N) is 1. The van der Waals surface area contributed by atoms with Gasteiger partial charge in [0.1, 0.15) is 0 Å². The fourth-order valence-corrected chi connectivity index (χ4v) is 1.50. The highest BCUT2D eigenvalue weighted by atomic mass is 16.2. The number of allylic oxidation sites excluding steroid dienone is 1. The molecule has 0 unspecified atom stereocenters. The smallest absolute Gasteiger partial charge is 0.267 e. The summed E-state index contributed by atoms with van der Waals surface area (Å²) in [5.41, 5.74) is -0.461. The predicted octanol–water partition coefficient (Wildman–Crippen LogP) is 0.876. The van der Waals surface area contributed by atoms with Crippen molar-refractivity contribution >= 4 is 10.8 Å². The first-order chi connectivity index (χ1) is 7.24. The lowest BCUT2D eigenvalue weighted by Crippen LogP contribution is -2.29. The summed E-state index contributed by atoms with van der Waals surface area (Å²) in [6, 6.07) is 6.75. The summed E-state index contributed by atoms with van der Waals surface area (Å²) in [5.74, 6) is 0. The lowest BCUT2D eigenvalue weighted by Gasteiger charge is -2.03. The van der Waals surface area contributed by atoms with E-state index < -0.39 is 0 Å². The molecule has 2 aromatic rings. The van der Waals surface area contributed by atoms with Crippen molar-refractivity contribution in [3.05, 3.63) is 57.6 Å². The van der Waals surface area contributed by atoms with Crippen molar-refractivity contribution in [1.29, 1.82) is 0 Å². The number of rotatable bonds is 2. The summed E-state index contributed by atoms with van der Waals surface area (Å²) in [4.78, 5) is 23.4. The van der Waals surface area contributed by atoms with Crippen molar-refractivity contribution in [2.24, 2.45) is 0 Å². The van der Waals surface area contributed by atoms with Gasteiger partial charge < -0.3 is 0 Å². The Hall–Kier alpha value is -2.10. The third-order valence-electron chi connectivity index (χ3n) is 2.20. The minimum Gasteiger partial charge on any atom is -0.267 e. The van der Waals surface area contributed by atoms with Crippen LogP contribution in [0.5, 0.6) is 0 Å². The van der Waals surface area contributed by atoms with Crippen LogP contribution in [0, 0.1) is 0 Å². The number of benzene rings is 1. The topological polar surface area (TPSA) is 54.9 Å². The Labute approximate surface area is 85.5 Å². The molecule has 0 aliphatic rings. The highest BCUT2D eigenvalue weighted by Gasteiger charge is 2.04. The van der Waals surface area contributed by atoms with E-state index in [1.165, 1.54) is 4.68 Å². The van der Waals surface area contributed by atoms with Gasteiger partial charge in [0.2, 0.25) is 0 Å². The molecular formula is C11H10N2O2. The maximum absolute atomic E-state index is 11.8. The first-order valence-electron chi connectivity index (χ1n) is 4.57. The molecule has 76 valence electrons. The molecule has 0 spiro atoms. The highest BCUT2D eigenvalue weighted by molar-refractivity contribution is 5.80. The van der Waals surface area contributed by atoms with Crippen LogP contribution in [0.25, 0.3) is 10.8 Å². The van der Waals surface area contributed by atoms with Crippen LogP contribution in [0.2, 0.25) is 0 Å². The minimum atomic E-state index is -0.257. The summed E-state index contributed by atoms with van der Waals surface area (Å²) in [6.45, 7) is 3.83. The zero-order valence-electron chi connectivity index (χ0n) is 8.06. The fraction of sp³-hybridized carbons (Fsp3) is 0.0909. The van der Waals surface area contributed by atoms with Gasteiger partial charge in [-0.25, -0.2) is 4.68 Å². The molecule has 1 N–H and O–H groups in total. The quantitative estimate of drug-likeness (QED) is 0.735. The molecule has 0 saturated heterocycles. The highest BCUT2D eigenvalue weighted by Crippen LogP contribution is 2.01. The summed E-state index contributed by atoms with van der Waals surface area (Å²) in [6.07, 6.45) is 1.56. The largest absolute Gasteiger partial charge is 0.273 e. The van der Waals surface area contributed by atoms with Gasteiger partial charge in [-0.1, -0.05) is 18.2 Å². The third-order valence-corrected chi connectivity index (χ3v) is 2.20. The Morgan fingerprint density at radius 3 is 2.60 bits per heavy atom. The van der Waals surface area contributed by atoms with Crippen LogP contribution in [0.3, 0.4) is 0 Å². The molecule has 2 rings (SSSR count). The molecule has 0 aliphatic heterocycles. The van der Waals surface area contributed by atoms with Crippen molar-refractivity contribution in [2.75, 3.05) is 0 Å². The van der Waals surface area contributed by atoms with Crippen molar-refractivity contribution in [3.8, 4) is 0 Å². The predicted molar refractivity (Wildman–Crippen MR) is 59.0 cm³/mol. The summed E-state index contributed by atoms with van der Waals surface area (Å²) in [7, 11) is 0. The van der Waals surface area contributed by atoms with Crippen LogP contribution in [-0.2, 0) is 6.54 Å². The molecule has 0 fully saturated rings. The van der Waals surface area contributed by atoms with Crippen LogP contribution in [0.1, 0.15) is 0 Å². The van der Waals surface area contributed by atoms with Crippen molar-refractivity contribution in [2.45, 2.75) is 6.54 Å². The van der Waals surface area contributed by atoms with E-state index in [9.17, 15) is 9.59 Å². The van der Waals surface area contributed by atoms with E-state index in [1.54, 1.807) is 30.3 Å². The second-order valence-electron chi connectivity index (χ2n) is 3.19. The fourth-order valence-electron chi connectivity index (χ4n) is 1.50. The Morgan fingerprint density at radius 2 is 1.93 bits per heavy atom. The van der Waals surface area contributed by atoms with Crippen molar-refractivity contribution < 1.29 is 0 Å². The summed E-state index contributed by atoms with van der Waals surface area (Å²) < 4.78 is 1.25. The van der Waals surface area contributed by atoms with Gasteiger partial charge in [-0.15, -0.1) is 6.58 Å². The van der Waals surface area contributed by atoms with E-state index >= 15 is 0 Å². The zero-order valence-corrected chi connectivity index (χ0v) is 8.06. The van der Waals surface area contributed by atoms with Crippen LogP contribution >= 0.6 is 0 Å². The molecule has 15 heavy (non-hydrogen) atoms. The first kappa shape index (κ1) is 9.45. The van der Waals surface area contributed by atoms with Gasteiger partial charge >= 0.3 is 0 Å². The van der Waals surface area contributed by atoms with Crippen molar-refractivity contribution in [3.63, 3.8) is 0 Å². The van der Waals surface area contributed by atoms with Crippen LogP contribution in [-0.4, -0.2) is 9.78 Å². The van der Waals surface area contributed by atoms with Crippen molar-refractivity contribution in [1.82, 2.24) is 9.78 Å². The maximum atomic E-state index is 11.8. The minimum absolute atomic E-state index is 0.204. The van der Waals surface area contributed by atoms with E-state index in [0.29, 0.717) is 17.3 Å². The van der Waals surface area contributed by atoms with Gasteiger partial charge in [0, 0.05) is 0 Å². The van der Waals surface area contributed by atoms with E-state index in [4.69, 9.17) is 0 Å². The molecule has 0 aliphatic carbocycles. The van der Waals surface area contributed by atoms with E-state index in [2.05, 4.69) is 11.7 Å². The zero-order chi connectivity index (χ0) is 10.8. The SMILES string of the molecule is C=CCn1[nH]c(=O)c2ccccc2c1=O. The maximum Gasteiger partial charge on any atom is 0.273 e. The molecule has 4 nitrogen and oxygen atoms in total. The molecule has 0 atom stereocenters. The van der Waals surface area contributed by atoms with Gasteiger partial charge in [-0.2, -0.15) is 0 Å². The summed E-state index contributed by atoms with van der Waals surface area (Å²) in [5, 5.41) is 3.35. The lowest BCUT2D eigenvalue weighted by atomic mass is 10.2. The Kier molecular flexibility index (Phi) is 2.25. The first-order valence-corrected chi connectivity index (χ1v) is 4.57. The van der Waals surface area contributed by atoms with E-state index in [-0.39, 0.29) is 11.1 Å². The molecule has 1 heterocycles. The van der Waals surface area contributed by atoms with E-state index in [0.717, 1.165) is 0 Å². The van der Waals surface area contributed by atoms with Gasteiger partial charge in [-0.05, 0) is 12.1 Å². The Bertz CT molecular complexity index is 622. The molecule has 4 heteroatoms. The molecule has 1 aromatic carbocycles. The van der Waals surface area contributed by atoms with Crippen LogP contribution in [0.15, 0.2) is 46.5 Å². The number of H-pyrrole nitrogens is 1. The molecular weight excluding hydrogens is 192 g/mol. The average molecular weight is 202 g/mol. The van der Waals surface area contributed by atoms with Crippen LogP contribution < -0.4 is 11.1 Å². The Morgan fingerprint density at radius 1 is 1.27 bits per heavy atom. The molecule has 0 radical (unpaired) electrons. The van der Waals surface area contributed by atoms with E-state index in [1.807, 2.05) is 0 Å². The standard InChI is InChI=1S/C11H10N2O2/c1-2-7-13-11(15)9-6-4-3-5-8(9)10(14)12-13/h2-6H,1,7H2,(H,12,14). The van der Waals surface area contributed by atoms with Gasteiger partial charge in [0.15, 0.2) is 0 Å². The number of nitrogens with zero attached hydrogens (tertiary/aromatic N) is 1. The lowest BCUT2D eigenvalue weighted by molar-refractivity contribution is 0.650. The number of aromatic nitrogens is 2. The Balaban J connectivity index is 2.91. The van der Waals surface area contributed by atoms with Gasteiger partial charge in [0.05, 0.1) is 17.3 Å². The van der Waals surface area contributed by atoms with Gasteiger partial charge in [0.25, 0.3) is 11.1 Å². The molecule has 1 aromatic heterocycles. The average Bonchev–Trinajstić information content (AvgIpc) is 2.26. The van der Waals surface area contributed by atoms with Crippen LogP contribution in [0.4, 0.5) is 0 Å². The van der Waals surface area contributed by atoms with Gasteiger partial charge in [-0.3, -0.25) is 14.7 Å². The second kappa shape index (κ2) is 3.57. The third kappa shape index (κ3) is 1.50. The number of hydrogen-bond acceptors (Lipinski definition) is 2. The number of hydrogen-bond donors (Lipinski definition) is 1. The molecule has 0 bridgehead atoms.